The summed E-state index contributed by atoms with van der Waals surface area (Å²) in [5.41, 5.74) is 0. The minimum absolute atomic E-state index is 0.671. The van der Waals surface area contributed by atoms with Gasteiger partial charge >= 0.3 is 0 Å². The molecule has 0 unspecified atom stereocenters. The maximum absolute atomic E-state index is 5.54. The van der Waals surface area contributed by atoms with Crippen LogP contribution in [0.1, 0.15) is 44.3 Å². The van der Waals surface area contributed by atoms with Crippen LogP contribution in [0.15, 0.2) is 19.6 Å². The van der Waals surface area contributed by atoms with E-state index in [1.165, 1.54) is 38.5 Å². The summed E-state index contributed by atoms with van der Waals surface area (Å²) in [7, 11) is 0. The predicted octanol–water partition coefficient (Wildman–Crippen LogP) is 4.62. The lowest BCUT2D eigenvalue weighted by molar-refractivity contribution is 0.409. The molecule has 0 atom stereocenters. The van der Waals surface area contributed by atoms with Crippen molar-refractivity contribution in [2.75, 3.05) is 0 Å². The standard InChI is InChI=1S/C12H17Br2NO/c13-11-7-10(16-12(11)14)8-15-9-5-3-1-2-4-6-9/h7,9,15H,1-6,8H2. The van der Waals surface area contributed by atoms with Crippen molar-refractivity contribution in [3.05, 3.63) is 21.0 Å². The Bertz CT molecular complexity index is 310. The predicted molar refractivity (Wildman–Crippen MR) is 72.4 cm³/mol. The molecule has 2 nitrogen and oxygen atoms in total. The van der Waals surface area contributed by atoms with E-state index in [0.29, 0.717) is 6.04 Å². The largest absolute Gasteiger partial charge is 0.452 e. The van der Waals surface area contributed by atoms with Gasteiger partial charge in [-0.15, -0.1) is 0 Å². The van der Waals surface area contributed by atoms with Crippen LogP contribution >= 0.6 is 31.9 Å². The van der Waals surface area contributed by atoms with Crippen LogP contribution in [0.25, 0.3) is 0 Å². The van der Waals surface area contributed by atoms with Crippen LogP contribution < -0.4 is 5.32 Å². The van der Waals surface area contributed by atoms with Crippen molar-refractivity contribution in [3.8, 4) is 0 Å². The van der Waals surface area contributed by atoms with Crippen molar-refractivity contribution in [3.63, 3.8) is 0 Å². The van der Waals surface area contributed by atoms with Crippen molar-refractivity contribution < 1.29 is 4.42 Å². The second-order valence-electron chi connectivity index (χ2n) is 4.40. The van der Waals surface area contributed by atoms with Gasteiger partial charge in [0, 0.05) is 6.04 Å². The van der Waals surface area contributed by atoms with E-state index in [-0.39, 0.29) is 0 Å². The highest BCUT2D eigenvalue weighted by atomic mass is 79.9. The molecule has 1 heterocycles. The van der Waals surface area contributed by atoms with E-state index in [4.69, 9.17) is 4.42 Å². The van der Waals surface area contributed by atoms with Crippen molar-refractivity contribution in [1.82, 2.24) is 5.32 Å². The molecule has 1 aliphatic rings. The lowest BCUT2D eigenvalue weighted by atomic mass is 10.1. The lowest BCUT2D eigenvalue weighted by Gasteiger charge is -2.14. The summed E-state index contributed by atoms with van der Waals surface area (Å²) < 4.78 is 7.32. The highest BCUT2D eigenvalue weighted by Crippen LogP contribution is 2.27. The van der Waals surface area contributed by atoms with Gasteiger partial charge in [0.2, 0.25) is 0 Å². The molecule has 2 rings (SSSR count). The maximum atomic E-state index is 5.54. The van der Waals surface area contributed by atoms with Gasteiger partial charge in [-0.1, -0.05) is 25.7 Å². The first-order valence-corrected chi connectivity index (χ1v) is 7.51. The normalized spacial score (nSPS) is 18.6. The monoisotopic (exact) mass is 349 g/mol. The Morgan fingerprint density at radius 3 is 2.44 bits per heavy atom. The highest BCUT2D eigenvalue weighted by molar-refractivity contribution is 9.13. The quantitative estimate of drug-likeness (QED) is 0.805. The SMILES string of the molecule is Brc1cc(CNC2CCCCCC2)oc1Br. The zero-order valence-electron chi connectivity index (χ0n) is 9.27. The van der Waals surface area contributed by atoms with E-state index in [1.807, 2.05) is 6.07 Å². The van der Waals surface area contributed by atoms with Crippen molar-refractivity contribution in [1.29, 1.82) is 0 Å². The van der Waals surface area contributed by atoms with E-state index in [2.05, 4.69) is 37.2 Å². The smallest absolute Gasteiger partial charge is 0.183 e. The Kier molecular flexibility index (Phi) is 4.92. The van der Waals surface area contributed by atoms with Crippen molar-refractivity contribution in [2.24, 2.45) is 0 Å². The first-order valence-electron chi connectivity index (χ1n) is 5.93. The van der Waals surface area contributed by atoms with E-state index < -0.39 is 0 Å². The molecule has 1 fully saturated rings. The van der Waals surface area contributed by atoms with Crippen molar-refractivity contribution in [2.45, 2.75) is 51.1 Å². The Hall–Kier alpha value is 0.200. The van der Waals surface area contributed by atoms with Crippen LogP contribution in [0.4, 0.5) is 0 Å². The molecule has 0 radical (unpaired) electrons. The number of hydrogen-bond donors (Lipinski definition) is 1. The summed E-state index contributed by atoms with van der Waals surface area (Å²) in [5.74, 6) is 0.989. The Morgan fingerprint density at radius 2 is 1.88 bits per heavy atom. The molecule has 16 heavy (non-hydrogen) atoms. The number of hydrogen-bond acceptors (Lipinski definition) is 2. The maximum Gasteiger partial charge on any atom is 0.183 e. The third-order valence-electron chi connectivity index (χ3n) is 3.12. The Labute approximate surface area is 113 Å². The molecular formula is C12H17Br2NO. The molecule has 1 aromatic rings. The van der Waals surface area contributed by atoms with Gasteiger partial charge in [0.15, 0.2) is 4.67 Å². The zero-order valence-corrected chi connectivity index (χ0v) is 12.4. The highest BCUT2D eigenvalue weighted by Gasteiger charge is 2.13. The molecule has 0 aromatic carbocycles. The van der Waals surface area contributed by atoms with E-state index >= 15 is 0 Å². The summed E-state index contributed by atoms with van der Waals surface area (Å²) in [6.45, 7) is 0.828. The first-order chi connectivity index (χ1) is 7.75. The van der Waals surface area contributed by atoms with Gasteiger partial charge in [0.05, 0.1) is 11.0 Å². The molecule has 1 saturated carbocycles. The molecule has 0 spiro atoms. The van der Waals surface area contributed by atoms with E-state index in [0.717, 1.165) is 21.4 Å². The van der Waals surface area contributed by atoms with Gasteiger partial charge in [-0.05, 0) is 50.8 Å². The molecule has 0 bridgehead atoms. The van der Waals surface area contributed by atoms with Gasteiger partial charge in [-0.2, -0.15) is 0 Å². The molecular weight excluding hydrogens is 334 g/mol. The average molecular weight is 351 g/mol. The topological polar surface area (TPSA) is 25.2 Å². The minimum atomic E-state index is 0.671. The Morgan fingerprint density at radius 1 is 1.19 bits per heavy atom. The molecule has 1 N–H and O–H groups in total. The summed E-state index contributed by atoms with van der Waals surface area (Å²) >= 11 is 6.78. The summed E-state index contributed by atoms with van der Waals surface area (Å²) in [4.78, 5) is 0. The van der Waals surface area contributed by atoms with Crippen LogP contribution in [0.2, 0.25) is 0 Å². The molecule has 1 aromatic heterocycles. The van der Waals surface area contributed by atoms with Crippen LogP contribution in [0, 0.1) is 0 Å². The Balaban J connectivity index is 1.81. The molecule has 90 valence electrons. The fraction of sp³-hybridized carbons (Fsp3) is 0.667. The van der Waals surface area contributed by atoms with Gasteiger partial charge in [-0.3, -0.25) is 0 Å². The van der Waals surface area contributed by atoms with Crippen LogP contribution in [0.3, 0.4) is 0 Å². The lowest BCUT2D eigenvalue weighted by Crippen LogP contribution is -2.27. The minimum Gasteiger partial charge on any atom is -0.452 e. The molecule has 0 aliphatic heterocycles. The first kappa shape index (κ1) is 12.7. The van der Waals surface area contributed by atoms with Gasteiger partial charge < -0.3 is 9.73 Å². The van der Waals surface area contributed by atoms with Gasteiger partial charge in [0.1, 0.15) is 5.76 Å². The summed E-state index contributed by atoms with van der Waals surface area (Å²) in [6.07, 6.45) is 8.14. The second-order valence-corrected chi connectivity index (χ2v) is 5.98. The third kappa shape index (κ3) is 3.60. The molecule has 0 saturated heterocycles. The van der Waals surface area contributed by atoms with Crippen LogP contribution in [0.5, 0.6) is 0 Å². The second kappa shape index (κ2) is 6.22. The number of nitrogens with one attached hydrogen (secondary N) is 1. The molecule has 0 amide bonds. The van der Waals surface area contributed by atoms with Gasteiger partial charge in [-0.25, -0.2) is 0 Å². The van der Waals surface area contributed by atoms with E-state index in [9.17, 15) is 0 Å². The number of furan rings is 1. The fourth-order valence-corrected chi connectivity index (χ4v) is 2.87. The number of halogens is 2. The molecule has 4 heteroatoms. The van der Waals surface area contributed by atoms with Gasteiger partial charge in [0.25, 0.3) is 0 Å². The van der Waals surface area contributed by atoms with Crippen molar-refractivity contribution >= 4 is 31.9 Å². The zero-order chi connectivity index (χ0) is 11.4. The summed E-state index contributed by atoms with van der Waals surface area (Å²) in [6, 6.07) is 2.69. The third-order valence-corrected chi connectivity index (χ3v) is 4.83. The van der Waals surface area contributed by atoms with Crippen LogP contribution in [-0.2, 0) is 6.54 Å². The summed E-state index contributed by atoms with van der Waals surface area (Å²) in [5, 5.41) is 3.58. The molecule has 1 aliphatic carbocycles. The van der Waals surface area contributed by atoms with Crippen LogP contribution in [-0.4, -0.2) is 6.04 Å². The number of rotatable bonds is 3. The fourth-order valence-electron chi connectivity index (χ4n) is 2.21. The van der Waals surface area contributed by atoms with E-state index in [1.54, 1.807) is 0 Å². The average Bonchev–Trinajstić information content (AvgIpc) is 2.50.